The predicted molar refractivity (Wildman–Crippen MR) is 125 cm³/mol. The molecular weight excluding hydrogens is 421 g/mol. The lowest BCUT2D eigenvalue weighted by Crippen LogP contribution is -2.55. The van der Waals surface area contributed by atoms with E-state index >= 15 is 0 Å². The molecular formula is C26H32FN3O3. The Labute approximate surface area is 194 Å². The van der Waals surface area contributed by atoms with E-state index in [4.69, 9.17) is 0 Å². The van der Waals surface area contributed by atoms with Crippen LogP contribution in [0.25, 0.3) is 0 Å². The second kappa shape index (κ2) is 11.1. The first-order valence-electron chi connectivity index (χ1n) is 11.5. The third-order valence-electron chi connectivity index (χ3n) is 6.25. The third-order valence-corrected chi connectivity index (χ3v) is 6.25. The zero-order valence-corrected chi connectivity index (χ0v) is 19.4. The van der Waals surface area contributed by atoms with Crippen LogP contribution in [0.15, 0.2) is 48.5 Å². The monoisotopic (exact) mass is 453 g/mol. The highest BCUT2D eigenvalue weighted by molar-refractivity contribution is 5.98. The van der Waals surface area contributed by atoms with Crippen molar-refractivity contribution in [2.75, 3.05) is 13.1 Å². The molecule has 176 valence electrons. The van der Waals surface area contributed by atoms with Gasteiger partial charge < -0.3 is 15.5 Å². The lowest BCUT2D eigenvalue weighted by Gasteiger charge is -2.36. The third kappa shape index (κ3) is 6.18. The second-order valence-electron chi connectivity index (χ2n) is 8.75. The number of nitrogens with zero attached hydrogens (tertiary/aromatic N) is 1. The summed E-state index contributed by atoms with van der Waals surface area (Å²) < 4.78 is 14.1. The molecule has 0 aromatic heterocycles. The number of carbonyl (C=O) groups is 3. The van der Waals surface area contributed by atoms with Crippen molar-refractivity contribution in [1.82, 2.24) is 15.5 Å². The molecule has 2 unspecified atom stereocenters. The van der Waals surface area contributed by atoms with Gasteiger partial charge in [0.1, 0.15) is 11.9 Å². The second-order valence-corrected chi connectivity index (χ2v) is 8.75. The van der Waals surface area contributed by atoms with E-state index in [1.165, 1.54) is 18.2 Å². The maximum Gasteiger partial charge on any atom is 0.254 e. The molecule has 6 nitrogen and oxygen atoms in total. The molecule has 2 aromatic rings. The first-order chi connectivity index (χ1) is 15.8. The van der Waals surface area contributed by atoms with Gasteiger partial charge in [0.15, 0.2) is 0 Å². The molecule has 7 heteroatoms. The minimum absolute atomic E-state index is 0.0341. The van der Waals surface area contributed by atoms with Gasteiger partial charge in [-0.1, -0.05) is 36.8 Å². The summed E-state index contributed by atoms with van der Waals surface area (Å²) in [5.74, 6) is -1.72. The average molecular weight is 454 g/mol. The minimum atomic E-state index is -0.803. The van der Waals surface area contributed by atoms with Crippen molar-refractivity contribution >= 4 is 17.7 Å². The maximum atomic E-state index is 14.1. The Morgan fingerprint density at radius 3 is 2.39 bits per heavy atom. The van der Waals surface area contributed by atoms with E-state index in [0.29, 0.717) is 31.5 Å². The molecule has 2 aromatic carbocycles. The van der Waals surface area contributed by atoms with Gasteiger partial charge in [-0.15, -0.1) is 0 Å². The topological polar surface area (TPSA) is 78.5 Å². The van der Waals surface area contributed by atoms with Crippen LogP contribution in [0.4, 0.5) is 4.39 Å². The maximum absolute atomic E-state index is 14.1. The molecule has 2 N–H and O–H groups in total. The summed E-state index contributed by atoms with van der Waals surface area (Å²) >= 11 is 0. The minimum Gasteiger partial charge on any atom is -0.352 e. The Morgan fingerprint density at radius 2 is 1.76 bits per heavy atom. The van der Waals surface area contributed by atoms with E-state index in [0.717, 1.165) is 12.0 Å². The molecule has 0 spiro atoms. The van der Waals surface area contributed by atoms with Crippen molar-refractivity contribution in [2.24, 2.45) is 5.92 Å². The van der Waals surface area contributed by atoms with Crippen LogP contribution in [0.1, 0.15) is 59.4 Å². The summed E-state index contributed by atoms with van der Waals surface area (Å²) in [4.78, 5) is 40.5. The quantitative estimate of drug-likeness (QED) is 0.671. The van der Waals surface area contributed by atoms with Crippen LogP contribution in [0.3, 0.4) is 0 Å². The summed E-state index contributed by atoms with van der Waals surface area (Å²) in [6.07, 6.45) is 1.88. The standard InChI is InChI=1S/C26H32FN3O3/c1-4-18(3)28-25(32)23(29-24(31)21-10-5-6-11-22(21)27)19-12-14-30(15-13-19)26(33)20-9-7-8-17(2)16-20/h5-11,16,18-19,23H,4,12-15H2,1-3H3,(H,28,32)(H,29,31). The molecule has 0 aliphatic carbocycles. The highest BCUT2D eigenvalue weighted by Gasteiger charge is 2.35. The number of hydrogen-bond acceptors (Lipinski definition) is 3. The Morgan fingerprint density at radius 1 is 1.06 bits per heavy atom. The summed E-state index contributed by atoms with van der Waals surface area (Å²) in [6.45, 7) is 6.78. The number of rotatable bonds is 7. The number of piperidine rings is 1. The van der Waals surface area contributed by atoms with Crippen molar-refractivity contribution in [3.8, 4) is 0 Å². The lowest BCUT2D eigenvalue weighted by molar-refractivity contribution is -0.125. The van der Waals surface area contributed by atoms with Crippen LogP contribution in [-0.2, 0) is 4.79 Å². The Kier molecular flexibility index (Phi) is 8.20. The van der Waals surface area contributed by atoms with Gasteiger partial charge in [0.05, 0.1) is 5.56 Å². The average Bonchev–Trinajstić information content (AvgIpc) is 2.82. The summed E-state index contributed by atoms with van der Waals surface area (Å²) in [7, 11) is 0. The van der Waals surface area contributed by atoms with Gasteiger partial charge in [-0.25, -0.2) is 4.39 Å². The summed E-state index contributed by atoms with van der Waals surface area (Å²) in [5, 5.41) is 5.70. The Hall–Kier alpha value is -3.22. The van der Waals surface area contributed by atoms with Crippen molar-refractivity contribution in [2.45, 2.75) is 52.1 Å². The van der Waals surface area contributed by atoms with Crippen molar-refractivity contribution in [3.63, 3.8) is 0 Å². The summed E-state index contributed by atoms with van der Waals surface area (Å²) in [5.41, 5.74) is 1.58. The molecule has 33 heavy (non-hydrogen) atoms. The Bertz CT molecular complexity index is 1000. The first-order valence-corrected chi connectivity index (χ1v) is 11.5. The van der Waals surface area contributed by atoms with E-state index in [2.05, 4.69) is 10.6 Å². The van der Waals surface area contributed by atoms with Gasteiger partial charge in [0, 0.05) is 24.7 Å². The van der Waals surface area contributed by atoms with Crippen LogP contribution >= 0.6 is 0 Å². The summed E-state index contributed by atoms with van der Waals surface area (Å²) in [6, 6.07) is 12.3. The van der Waals surface area contributed by atoms with Gasteiger partial charge in [-0.3, -0.25) is 14.4 Å². The van der Waals surface area contributed by atoms with E-state index < -0.39 is 17.8 Å². The fourth-order valence-electron chi connectivity index (χ4n) is 4.09. The van der Waals surface area contributed by atoms with Gasteiger partial charge in [-0.05, 0) is 63.3 Å². The zero-order chi connectivity index (χ0) is 24.0. The highest BCUT2D eigenvalue weighted by Crippen LogP contribution is 2.23. The smallest absolute Gasteiger partial charge is 0.254 e. The molecule has 1 aliphatic heterocycles. The van der Waals surface area contributed by atoms with E-state index in [9.17, 15) is 18.8 Å². The molecule has 3 amide bonds. The van der Waals surface area contributed by atoms with Gasteiger partial charge >= 0.3 is 0 Å². The van der Waals surface area contributed by atoms with Crippen molar-refractivity contribution in [1.29, 1.82) is 0 Å². The number of halogens is 1. The molecule has 1 fully saturated rings. The SMILES string of the molecule is CCC(C)NC(=O)C(NC(=O)c1ccccc1F)C1CCN(C(=O)c2cccc(C)c2)CC1. The molecule has 3 rings (SSSR count). The van der Waals surface area contributed by atoms with Crippen LogP contribution in [0.5, 0.6) is 0 Å². The molecule has 0 radical (unpaired) electrons. The van der Waals surface area contributed by atoms with Gasteiger partial charge in [-0.2, -0.15) is 0 Å². The van der Waals surface area contributed by atoms with Crippen LogP contribution in [0, 0.1) is 18.7 Å². The number of nitrogens with one attached hydrogen (secondary N) is 2. The molecule has 2 atom stereocenters. The number of aryl methyl sites for hydroxylation is 1. The molecule has 0 bridgehead atoms. The normalized spacial score (nSPS) is 16.1. The van der Waals surface area contributed by atoms with Crippen molar-refractivity contribution < 1.29 is 18.8 Å². The molecule has 1 saturated heterocycles. The predicted octanol–water partition coefficient (Wildman–Crippen LogP) is 3.70. The first kappa shape index (κ1) is 24.4. The van der Waals surface area contributed by atoms with Crippen LogP contribution in [-0.4, -0.2) is 47.8 Å². The van der Waals surface area contributed by atoms with Crippen molar-refractivity contribution in [3.05, 3.63) is 71.0 Å². The lowest BCUT2D eigenvalue weighted by atomic mass is 9.88. The fraction of sp³-hybridized carbons (Fsp3) is 0.423. The van der Waals surface area contributed by atoms with E-state index in [-0.39, 0.29) is 29.3 Å². The van der Waals surface area contributed by atoms with E-state index in [1.807, 2.05) is 39.0 Å². The zero-order valence-electron chi connectivity index (χ0n) is 19.4. The number of carbonyl (C=O) groups excluding carboxylic acids is 3. The number of amides is 3. The van der Waals surface area contributed by atoms with E-state index in [1.54, 1.807) is 17.0 Å². The number of benzene rings is 2. The molecule has 0 saturated carbocycles. The Balaban J connectivity index is 1.71. The molecule has 1 aliphatic rings. The largest absolute Gasteiger partial charge is 0.352 e. The molecule has 1 heterocycles. The van der Waals surface area contributed by atoms with Crippen LogP contribution in [0.2, 0.25) is 0 Å². The van der Waals surface area contributed by atoms with Crippen LogP contribution < -0.4 is 10.6 Å². The van der Waals surface area contributed by atoms with Gasteiger partial charge in [0.25, 0.3) is 11.8 Å². The number of likely N-dealkylation sites (tertiary alicyclic amines) is 1. The fourth-order valence-corrected chi connectivity index (χ4v) is 4.09. The van der Waals surface area contributed by atoms with Gasteiger partial charge in [0.2, 0.25) is 5.91 Å². The highest BCUT2D eigenvalue weighted by atomic mass is 19.1. The number of hydrogen-bond donors (Lipinski definition) is 2.